The maximum absolute atomic E-state index is 13.2. The average molecular weight is 321 g/mol. The highest BCUT2D eigenvalue weighted by Crippen LogP contribution is 2.19. The van der Waals surface area contributed by atoms with Gasteiger partial charge in [0.05, 0.1) is 0 Å². The van der Waals surface area contributed by atoms with E-state index in [1.54, 1.807) is 12.1 Å². The van der Waals surface area contributed by atoms with Crippen LogP contribution in [0.5, 0.6) is 0 Å². The summed E-state index contributed by atoms with van der Waals surface area (Å²) in [4.78, 5) is 16.5. The van der Waals surface area contributed by atoms with Gasteiger partial charge in [-0.1, -0.05) is 19.4 Å². The standard InChI is InChI=1S/C18H28FN3O/c1-3-4-10-21(2)14-15-8-11-22(12-9-15)18(23)20-17-7-5-6-16(19)13-17/h5-7,13,15H,3-4,8-12,14H2,1-2H3,(H,20,23). The van der Waals surface area contributed by atoms with E-state index in [2.05, 4.69) is 24.2 Å². The molecule has 0 aromatic heterocycles. The third-order valence-corrected chi connectivity index (χ3v) is 4.44. The van der Waals surface area contributed by atoms with Crippen molar-refractivity contribution >= 4 is 11.7 Å². The summed E-state index contributed by atoms with van der Waals surface area (Å²) in [5.41, 5.74) is 0.511. The highest BCUT2D eigenvalue weighted by atomic mass is 19.1. The molecule has 0 unspecified atom stereocenters. The zero-order chi connectivity index (χ0) is 16.7. The number of nitrogens with one attached hydrogen (secondary N) is 1. The molecule has 0 atom stereocenters. The summed E-state index contributed by atoms with van der Waals surface area (Å²) in [6.45, 7) is 6.01. The number of carbonyl (C=O) groups excluding carboxylic acids is 1. The van der Waals surface area contributed by atoms with E-state index in [4.69, 9.17) is 0 Å². The van der Waals surface area contributed by atoms with E-state index in [0.29, 0.717) is 11.6 Å². The van der Waals surface area contributed by atoms with Gasteiger partial charge in [-0.25, -0.2) is 9.18 Å². The minimum Gasteiger partial charge on any atom is -0.325 e. The molecule has 1 aromatic rings. The average Bonchev–Trinajstić information content (AvgIpc) is 2.53. The molecule has 2 amide bonds. The van der Waals surface area contributed by atoms with Crippen LogP contribution in [-0.2, 0) is 0 Å². The summed E-state index contributed by atoms with van der Waals surface area (Å²) in [6.07, 6.45) is 4.54. The van der Waals surface area contributed by atoms with Gasteiger partial charge in [-0.2, -0.15) is 0 Å². The second-order valence-electron chi connectivity index (χ2n) is 6.49. The zero-order valence-electron chi connectivity index (χ0n) is 14.2. The zero-order valence-corrected chi connectivity index (χ0v) is 14.2. The van der Waals surface area contributed by atoms with Crippen LogP contribution < -0.4 is 5.32 Å². The predicted octanol–water partition coefficient (Wildman–Crippen LogP) is 3.80. The third-order valence-electron chi connectivity index (χ3n) is 4.44. The fourth-order valence-corrected chi connectivity index (χ4v) is 3.05. The number of carbonyl (C=O) groups is 1. The molecule has 0 spiro atoms. The quantitative estimate of drug-likeness (QED) is 0.865. The molecular formula is C18H28FN3O. The van der Waals surface area contributed by atoms with E-state index in [1.165, 1.54) is 25.0 Å². The molecule has 0 saturated carbocycles. The van der Waals surface area contributed by atoms with Crippen molar-refractivity contribution < 1.29 is 9.18 Å². The number of piperidine rings is 1. The smallest absolute Gasteiger partial charge is 0.321 e. The molecule has 1 aliphatic rings. The van der Waals surface area contributed by atoms with E-state index in [9.17, 15) is 9.18 Å². The summed E-state index contributed by atoms with van der Waals surface area (Å²) >= 11 is 0. The Hall–Kier alpha value is -1.62. The Morgan fingerprint density at radius 2 is 2.13 bits per heavy atom. The first-order chi connectivity index (χ1) is 11.1. The van der Waals surface area contributed by atoms with Gasteiger partial charge in [0, 0.05) is 25.3 Å². The lowest BCUT2D eigenvalue weighted by Gasteiger charge is -2.34. The minimum absolute atomic E-state index is 0.131. The Morgan fingerprint density at radius 3 is 2.78 bits per heavy atom. The second-order valence-corrected chi connectivity index (χ2v) is 6.49. The first-order valence-electron chi connectivity index (χ1n) is 8.58. The number of hydrogen-bond acceptors (Lipinski definition) is 2. The maximum Gasteiger partial charge on any atom is 0.321 e. The number of unbranched alkanes of at least 4 members (excludes halogenated alkanes) is 1. The maximum atomic E-state index is 13.2. The molecule has 1 aromatic carbocycles. The van der Waals surface area contributed by atoms with Crippen LogP contribution in [-0.4, -0.2) is 49.1 Å². The van der Waals surface area contributed by atoms with Crippen LogP contribution in [0.15, 0.2) is 24.3 Å². The fourth-order valence-electron chi connectivity index (χ4n) is 3.05. The van der Waals surface area contributed by atoms with Crippen molar-refractivity contribution in [1.82, 2.24) is 9.80 Å². The van der Waals surface area contributed by atoms with Crippen molar-refractivity contribution in [3.63, 3.8) is 0 Å². The lowest BCUT2D eigenvalue weighted by Crippen LogP contribution is -2.43. The van der Waals surface area contributed by atoms with Crippen molar-refractivity contribution in [2.24, 2.45) is 5.92 Å². The summed E-state index contributed by atoms with van der Waals surface area (Å²) in [5, 5.41) is 2.77. The summed E-state index contributed by atoms with van der Waals surface area (Å²) in [7, 11) is 2.18. The number of halogens is 1. The van der Waals surface area contributed by atoms with Gasteiger partial charge in [-0.3, -0.25) is 0 Å². The van der Waals surface area contributed by atoms with E-state index in [-0.39, 0.29) is 11.8 Å². The second kappa shape index (κ2) is 8.87. The van der Waals surface area contributed by atoms with Gasteiger partial charge in [0.1, 0.15) is 5.82 Å². The number of urea groups is 1. The lowest BCUT2D eigenvalue weighted by molar-refractivity contribution is 0.163. The molecule has 1 saturated heterocycles. The molecule has 1 N–H and O–H groups in total. The SMILES string of the molecule is CCCCN(C)CC1CCN(C(=O)Nc2cccc(F)c2)CC1. The largest absolute Gasteiger partial charge is 0.325 e. The molecule has 1 aliphatic heterocycles. The molecule has 0 radical (unpaired) electrons. The first kappa shape index (κ1) is 17.7. The van der Waals surface area contributed by atoms with Gasteiger partial charge < -0.3 is 15.1 Å². The normalized spacial score (nSPS) is 15.9. The first-order valence-corrected chi connectivity index (χ1v) is 8.58. The van der Waals surface area contributed by atoms with Crippen molar-refractivity contribution in [3.05, 3.63) is 30.1 Å². The summed E-state index contributed by atoms with van der Waals surface area (Å²) in [5.74, 6) is 0.326. The molecule has 5 heteroatoms. The molecule has 23 heavy (non-hydrogen) atoms. The number of benzene rings is 1. The van der Waals surface area contributed by atoms with Crippen molar-refractivity contribution in [2.75, 3.05) is 38.5 Å². The predicted molar refractivity (Wildman–Crippen MR) is 92.1 cm³/mol. The molecule has 1 fully saturated rings. The van der Waals surface area contributed by atoms with E-state index < -0.39 is 0 Å². The lowest BCUT2D eigenvalue weighted by atomic mass is 9.96. The Kier molecular flexibility index (Phi) is 6.84. The van der Waals surface area contributed by atoms with Gasteiger partial charge in [0.2, 0.25) is 0 Å². The van der Waals surface area contributed by atoms with E-state index in [1.807, 2.05) is 4.90 Å². The summed E-state index contributed by atoms with van der Waals surface area (Å²) < 4.78 is 13.2. The van der Waals surface area contributed by atoms with Crippen molar-refractivity contribution in [2.45, 2.75) is 32.6 Å². The molecule has 128 valence electrons. The van der Waals surface area contributed by atoms with Gasteiger partial charge in [-0.15, -0.1) is 0 Å². The number of anilines is 1. The molecule has 0 aliphatic carbocycles. The van der Waals surface area contributed by atoms with Crippen molar-refractivity contribution in [3.8, 4) is 0 Å². The van der Waals surface area contributed by atoms with E-state index >= 15 is 0 Å². The van der Waals surface area contributed by atoms with E-state index in [0.717, 1.165) is 39.0 Å². The Balaban J connectivity index is 1.74. The Morgan fingerprint density at radius 1 is 1.39 bits per heavy atom. The van der Waals surface area contributed by atoms with Crippen molar-refractivity contribution in [1.29, 1.82) is 0 Å². The number of hydrogen-bond donors (Lipinski definition) is 1. The van der Waals surface area contributed by atoms with Crippen LogP contribution in [0, 0.1) is 11.7 Å². The number of likely N-dealkylation sites (tertiary alicyclic amines) is 1. The number of amides is 2. The van der Waals surface area contributed by atoms with Gasteiger partial charge in [-0.05, 0) is 57.0 Å². The van der Waals surface area contributed by atoms with Crippen LogP contribution in [0.25, 0.3) is 0 Å². The summed E-state index contributed by atoms with van der Waals surface area (Å²) in [6, 6.07) is 5.89. The molecular weight excluding hydrogens is 293 g/mol. The molecule has 1 heterocycles. The van der Waals surface area contributed by atoms with Crippen LogP contribution >= 0.6 is 0 Å². The molecule has 4 nitrogen and oxygen atoms in total. The topological polar surface area (TPSA) is 35.6 Å². The van der Waals surface area contributed by atoms with Crippen LogP contribution in [0.1, 0.15) is 32.6 Å². The molecule has 0 bridgehead atoms. The van der Waals surface area contributed by atoms with Gasteiger partial charge in [0.25, 0.3) is 0 Å². The highest BCUT2D eigenvalue weighted by Gasteiger charge is 2.23. The fraction of sp³-hybridized carbons (Fsp3) is 0.611. The minimum atomic E-state index is -0.336. The Bertz CT molecular complexity index is 501. The van der Waals surface area contributed by atoms with Crippen LogP contribution in [0.2, 0.25) is 0 Å². The van der Waals surface area contributed by atoms with Gasteiger partial charge in [0.15, 0.2) is 0 Å². The van der Waals surface area contributed by atoms with Crippen LogP contribution in [0.3, 0.4) is 0 Å². The Labute approximate surface area is 138 Å². The molecule has 2 rings (SSSR count). The number of nitrogens with zero attached hydrogens (tertiary/aromatic N) is 2. The van der Waals surface area contributed by atoms with Gasteiger partial charge >= 0.3 is 6.03 Å². The third kappa shape index (κ3) is 5.82. The van der Waals surface area contributed by atoms with Crippen LogP contribution in [0.4, 0.5) is 14.9 Å². The number of rotatable bonds is 6. The highest BCUT2D eigenvalue weighted by molar-refractivity contribution is 5.89. The monoisotopic (exact) mass is 321 g/mol.